The molecule has 6 nitrogen and oxygen atoms in total. The number of carbonyl (C=O) groups is 1. The number of amides is 1. The molecule has 1 fully saturated rings. The van der Waals surface area contributed by atoms with Crippen LogP contribution in [0.4, 0.5) is 5.69 Å². The van der Waals surface area contributed by atoms with E-state index in [0.29, 0.717) is 16.6 Å². The van der Waals surface area contributed by atoms with Crippen LogP contribution in [0.3, 0.4) is 0 Å². The average Bonchev–Trinajstić information content (AvgIpc) is 3.34. The van der Waals surface area contributed by atoms with E-state index in [-0.39, 0.29) is 11.7 Å². The SMILES string of the molecule is CCN1C(=O)/C(=C\c2cccn2-c2ccc(O)cc2)SC1=Nc1ccc(OC)cc1. The number of ether oxygens (including phenoxy) is 1. The average molecular weight is 420 g/mol. The van der Waals surface area contributed by atoms with Crippen molar-refractivity contribution in [3.8, 4) is 17.2 Å². The van der Waals surface area contributed by atoms with E-state index in [0.717, 1.165) is 22.8 Å². The van der Waals surface area contributed by atoms with E-state index in [1.807, 2.05) is 72.3 Å². The largest absolute Gasteiger partial charge is 0.508 e. The number of aliphatic imine (C=N–C) groups is 1. The quantitative estimate of drug-likeness (QED) is 0.603. The molecule has 2 aromatic carbocycles. The lowest BCUT2D eigenvalue weighted by Crippen LogP contribution is -2.28. The van der Waals surface area contributed by atoms with Crippen molar-refractivity contribution in [1.82, 2.24) is 9.47 Å². The fourth-order valence-corrected chi connectivity index (χ4v) is 4.18. The second kappa shape index (κ2) is 8.51. The molecule has 0 atom stereocenters. The van der Waals surface area contributed by atoms with Crippen molar-refractivity contribution >= 4 is 34.6 Å². The molecule has 0 radical (unpaired) electrons. The van der Waals surface area contributed by atoms with Crippen molar-refractivity contribution in [1.29, 1.82) is 0 Å². The monoisotopic (exact) mass is 419 g/mol. The zero-order valence-corrected chi connectivity index (χ0v) is 17.5. The molecule has 1 aromatic heterocycles. The van der Waals surface area contributed by atoms with Crippen molar-refractivity contribution in [2.75, 3.05) is 13.7 Å². The normalized spacial score (nSPS) is 16.6. The molecule has 0 unspecified atom stereocenters. The number of methoxy groups -OCH3 is 1. The van der Waals surface area contributed by atoms with E-state index < -0.39 is 0 Å². The van der Waals surface area contributed by atoms with Crippen LogP contribution in [0.15, 0.2) is 76.8 Å². The maximum atomic E-state index is 12.9. The van der Waals surface area contributed by atoms with Crippen molar-refractivity contribution in [2.45, 2.75) is 6.92 Å². The second-order valence-electron chi connectivity index (χ2n) is 6.57. The van der Waals surface area contributed by atoms with Crippen LogP contribution in [0.1, 0.15) is 12.6 Å². The van der Waals surface area contributed by atoms with E-state index in [4.69, 9.17) is 4.74 Å². The fraction of sp³-hybridized carbons (Fsp3) is 0.130. The van der Waals surface area contributed by atoms with Gasteiger partial charge in [-0.1, -0.05) is 0 Å². The van der Waals surface area contributed by atoms with E-state index >= 15 is 0 Å². The number of thioether (sulfide) groups is 1. The minimum atomic E-state index is -0.0618. The number of rotatable bonds is 5. The molecule has 1 N–H and O–H groups in total. The Labute approximate surface area is 179 Å². The molecule has 1 amide bonds. The number of nitrogens with zero attached hydrogens (tertiary/aromatic N) is 3. The molecular weight excluding hydrogens is 398 g/mol. The standard InChI is InChI=1S/C23H21N3O3S/c1-3-25-22(28)21(30-23(25)24-16-6-12-20(29-2)13-7-16)15-18-5-4-14-26(18)17-8-10-19(27)11-9-17/h4-15,27H,3H2,1-2H3/b21-15+,24-23?. The molecule has 1 saturated heterocycles. The number of hydrogen-bond donors (Lipinski definition) is 1. The minimum absolute atomic E-state index is 0.0618. The van der Waals surface area contributed by atoms with Gasteiger partial charge in [-0.05, 0) is 85.4 Å². The number of carbonyl (C=O) groups excluding carboxylic acids is 1. The van der Waals surface area contributed by atoms with Gasteiger partial charge in [0.25, 0.3) is 5.91 Å². The first-order valence-electron chi connectivity index (χ1n) is 9.50. The lowest BCUT2D eigenvalue weighted by Gasteiger charge is -2.12. The van der Waals surface area contributed by atoms with Gasteiger partial charge in [-0.3, -0.25) is 9.69 Å². The number of likely N-dealkylation sites (N-methyl/N-ethyl adjacent to an activating group) is 1. The lowest BCUT2D eigenvalue weighted by atomic mass is 10.3. The van der Waals surface area contributed by atoms with Crippen molar-refractivity contribution in [3.63, 3.8) is 0 Å². The molecule has 4 rings (SSSR count). The molecule has 152 valence electrons. The topological polar surface area (TPSA) is 67.1 Å². The third kappa shape index (κ3) is 3.97. The molecule has 0 spiro atoms. The van der Waals surface area contributed by atoms with Crippen molar-refractivity contribution < 1.29 is 14.6 Å². The Morgan fingerprint density at radius 3 is 2.50 bits per heavy atom. The third-order valence-corrected chi connectivity index (χ3v) is 5.70. The summed E-state index contributed by atoms with van der Waals surface area (Å²) in [5.74, 6) is 0.913. The van der Waals surface area contributed by atoms with Crippen LogP contribution in [0.5, 0.6) is 11.5 Å². The van der Waals surface area contributed by atoms with Crippen LogP contribution >= 0.6 is 11.8 Å². The van der Waals surface area contributed by atoms with Crippen LogP contribution in [-0.4, -0.2) is 39.3 Å². The zero-order valence-electron chi connectivity index (χ0n) is 16.6. The highest BCUT2D eigenvalue weighted by Gasteiger charge is 2.32. The maximum Gasteiger partial charge on any atom is 0.266 e. The van der Waals surface area contributed by atoms with Crippen LogP contribution in [-0.2, 0) is 4.79 Å². The molecule has 0 bridgehead atoms. The molecule has 0 saturated carbocycles. The second-order valence-corrected chi connectivity index (χ2v) is 7.58. The maximum absolute atomic E-state index is 12.9. The first-order valence-corrected chi connectivity index (χ1v) is 10.3. The van der Waals surface area contributed by atoms with Crippen LogP contribution < -0.4 is 4.74 Å². The summed E-state index contributed by atoms with van der Waals surface area (Å²) >= 11 is 1.36. The zero-order chi connectivity index (χ0) is 21.1. The number of phenols is 1. The highest BCUT2D eigenvalue weighted by Crippen LogP contribution is 2.34. The number of hydrogen-bond acceptors (Lipinski definition) is 5. The van der Waals surface area contributed by atoms with Gasteiger partial charge in [0.05, 0.1) is 17.7 Å². The summed E-state index contributed by atoms with van der Waals surface area (Å²) < 4.78 is 7.15. The van der Waals surface area contributed by atoms with E-state index in [9.17, 15) is 9.90 Å². The van der Waals surface area contributed by atoms with Gasteiger partial charge in [-0.2, -0.15) is 0 Å². The first kappa shape index (κ1) is 19.8. The van der Waals surface area contributed by atoms with Gasteiger partial charge < -0.3 is 14.4 Å². The summed E-state index contributed by atoms with van der Waals surface area (Å²) in [6.07, 6.45) is 3.80. The predicted octanol–water partition coefficient (Wildman–Crippen LogP) is 4.82. The molecule has 2 heterocycles. The Morgan fingerprint density at radius 1 is 1.10 bits per heavy atom. The first-order chi connectivity index (χ1) is 14.6. The van der Waals surface area contributed by atoms with Gasteiger partial charge in [0.15, 0.2) is 5.17 Å². The molecule has 1 aliphatic rings. The third-order valence-electron chi connectivity index (χ3n) is 4.69. The van der Waals surface area contributed by atoms with E-state index in [2.05, 4.69) is 4.99 Å². The smallest absolute Gasteiger partial charge is 0.266 e. The fourth-order valence-electron chi connectivity index (χ4n) is 3.13. The Kier molecular flexibility index (Phi) is 5.63. The Bertz CT molecular complexity index is 1120. The van der Waals surface area contributed by atoms with E-state index in [1.54, 1.807) is 24.1 Å². The number of benzene rings is 2. The van der Waals surface area contributed by atoms with Crippen molar-refractivity contribution in [2.24, 2.45) is 4.99 Å². The van der Waals surface area contributed by atoms with Crippen LogP contribution in [0, 0.1) is 0 Å². The van der Waals surface area contributed by atoms with E-state index in [1.165, 1.54) is 11.8 Å². The Hall–Kier alpha value is -3.45. The summed E-state index contributed by atoms with van der Waals surface area (Å²) in [4.78, 5) is 19.9. The molecule has 3 aromatic rings. The van der Waals surface area contributed by atoms with Crippen LogP contribution in [0.25, 0.3) is 11.8 Å². The highest BCUT2D eigenvalue weighted by molar-refractivity contribution is 8.18. The van der Waals surface area contributed by atoms with Crippen molar-refractivity contribution in [3.05, 3.63) is 77.5 Å². The number of phenolic OH excluding ortho intramolecular Hbond substituents is 1. The summed E-state index contributed by atoms with van der Waals surface area (Å²) in [5, 5.41) is 10.2. The number of amidine groups is 1. The molecular formula is C23H21N3O3S. The summed E-state index contributed by atoms with van der Waals surface area (Å²) in [5.41, 5.74) is 2.54. The number of aromatic hydroxyl groups is 1. The molecule has 0 aliphatic carbocycles. The Morgan fingerprint density at radius 2 is 1.83 bits per heavy atom. The summed E-state index contributed by atoms with van der Waals surface area (Å²) in [7, 11) is 1.62. The van der Waals surface area contributed by atoms with Crippen LogP contribution in [0.2, 0.25) is 0 Å². The number of aromatic nitrogens is 1. The lowest BCUT2D eigenvalue weighted by molar-refractivity contribution is -0.122. The minimum Gasteiger partial charge on any atom is -0.508 e. The highest BCUT2D eigenvalue weighted by atomic mass is 32.2. The van der Waals surface area contributed by atoms with Gasteiger partial charge in [0.2, 0.25) is 0 Å². The van der Waals surface area contributed by atoms with Gasteiger partial charge in [0.1, 0.15) is 11.5 Å². The van der Waals surface area contributed by atoms with Gasteiger partial charge >= 0.3 is 0 Å². The summed E-state index contributed by atoms with van der Waals surface area (Å²) in [6.45, 7) is 2.47. The summed E-state index contributed by atoms with van der Waals surface area (Å²) in [6, 6.07) is 18.2. The Balaban J connectivity index is 1.65. The molecule has 1 aliphatic heterocycles. The predicted molar refractivity (Wildman–Crippen MR) is 120 cm³/mol. The van der Waals surface area contributed by atoms with Gasteiger partial charge in [-0.15, -0.1) is 0 Å². The molecule has 7 heteroatoms. The van der Waals surface area contributed by atoms with Gasteiger partial charge in [-0.25, -0.2) is 4.99 Å². The molecule has 30 heavy (non-hydrogen) atoms. The van der Waals surface area contributed by atoms with Gasteiger partial charge in [0, 0.05) is 24.1 Å².